The van der Waals surface area contributed by atoms with Gasteiger partial charge in [0.25, 0.3) is 5.91 Å². The predicted molar refractivity (Wildman–Crippen MR) is 107 cm³/mol. The second-order valence-electron chi connectivity index (χ2n) is 7.00. The van der Waals surface area contributed by atoms with Gasteiger partial charge >= 0.3 is 0 Å². The van der Waals surface area contributed by atoms with Crippen LogP contribution < -0.4 is 4.74 Å². The molecule has 4 nitrogen and oxygen atoms in total. The lowest BCUT2D eigenvalue weighted by Crippen LogP contribution is -2.39. The van der Waals surface area contributed by atoms with Gasteiger partial charge in [0, 0.05) is 41.8 Å². The van der Waals surface area contributed by atoms with Crippen molar-refractivity contribution in [1.82, 2.24) is 9.88 Å². The SMILES string of the molecule is CCOc1ccc(C(=O)N2CCCC(c3cc4ccccc4cn3)C2)cc1. The molecule has 4 heteroatoms. The quantitative estimate of drug-likeness (QED) is 0.680. The van der Waals surface area contributed by atoms with Gasteiger partial charge in [-0.3, -0.25) is 9.78 Å². The van der Waals surface area contributed by atoms with Crippen molar-refractivity contribution in [2.45, 2.75) is 25.7 Å². The Morgan fingerprint density at radius 1 is 1.15 bits per heavy atom. The fraction of sp³-hybridized carbons (Fsp3) is 0.304. The summed E-state index contributed by atoms with van der Waals surface area (Å²) in [4.78, 5) is 19.6. The van der Waals surface area contributed by atoms with E-state index in [2.05, 4.69) is 29.2 Å². The molecule has 0 aliphatic carbocycles. The third-order valence-corrected chi connectivity index (χ3v) is 5.19. The largest absolute Gasteiger partial charge is 0.494 e. The van der Waals surface area contributed by atoms with Crippen molar-refractivity contribution < 1.29 is 9.53 Å². The first-order chi connectivity index (χ1) is 13.2. The highest BCUT2D eigenvalue weighted by molar-refractivity contribution is 5.94. The van der Waals surface area contributed by atoms with E-state index in [1.807, 2.05) is 48.4 Å². The Hall–Kier alpha value is -2.88. The zero-order valence-corrected chi connectivity index (χ0v) is 15.6. The molecule has 138 valence electrons. The second-order valence-corrected chi connectivity index (χ2v) is 7.00. The van der Waals surface area contributed by atoms with Crippen molar-refractivity contribution in [2.24, 2.45) is 0 Å². The maximum Gasteiger partial charge on any atom is 0.253 e. The lowest BCUT2D eigenvalue weighted by molar-refractivity contribution is 0.0706. The predicted octanol–water partition coefficient (Wildman–Crippen LogP) is 4.65. The molecule has 1 fully saturated rings. The van der Waals surface area contributed by atoms with Crippen molar-refractivity contribution in [3.63, 3.8) is 0 Å². The lowest BCUT2D eigenvalue weighted by Gasteiger charge is -2.32. The van der Waals surface area contributed by atoms with E-state index in [4.69, 9.17) is 4.74 Å². The van der Waals surface area contributed by atoms with Crippen molar-refractivity contribution in [3.8, 4) is 5.75 Å². The number of fused-ring (bicyclic) bond motifs is 1. The summed E-state index contributed by atoms with van der Waals surface area (Å²) in [5.74, 6) is 1.17. The number of nitrogens with zero attached hydrogens (tertiary/aromatic N) is 2. The average Bonchev–Trinajstić information content (AvgIpc) is 2.74. The van der Waals surface area contributed by atoms with Crippen molar-refractivity contribution in [1.29, 1.82) is 0 Å². The fourth-order valence-corrected chi connectivity index (χ4v) is 3.77. The number of likely N-dealkylation sites (tertiary alicyclic amines) is 1. The number of hydrogen-bond donors (Lipinski definition) is 0. The van der Waals surface area contributed by atoms with Gasteiger partial charge in [0.1, 0.15) is 5.75 Å². The van der Waals surface area contributed by atoms with Gasteiger partial charge in [0.05, 0.1) is 6.61 Å². The first-order valence-corrected chi connectivity index (χ1v) is 9.61. The van der Waals surface area contributed by atoms with Crippen LogP contribution in [0.25, 0.3) is 10.8 Å². The van der Waals surface area contributed by atoms with E-state index in [9.17, 15) is 4.79 Å². The Morgan fingerprint density at radius 2 is 1.93 bits per heavy atom. The van der Waals surface area contributed by atoms with Gasteiger partial charge in [-0.25, -0.2) is 0 Å². The number of carbonyl (C=O) groups excluding carboxylic acids is 1. The number of ether oxygens (including phenoxy) is 1. The number of pyridine rings is 1. The maximum absolute atomic E-state index is 12.9. The highest BCUT2D eigenvalue weighted by Gasteiger charge is 2.26. The molecule has 1 unspecified atom stereocenters. The number of carbonyl (C=O) groups is 1. The van der Waals surface area contributed by atoms with Gasteiger partial charge in [0.2, 0.25) is 0 Å². The van der Waals surface area contributed by atoms with Crippen LogP contribution in [-0.4, -0.2) is 35.5 Å². The summed E-state index contributed by atoms with van der Waals surface area (Å²) in [5.41, 5.74) is 1.79. The van der Waals surface area contributed by atoms with Crippen LogP contribution in [0, 0.1) is 0 Å². The second kappa shape index (κ2) is 7.78. The molecule has 1 aliphatic rings. The molecule has 4 rings (SSSR count). The Balaban J connectivity index is 1.50. The normalized spacial score (nSPS) is 17.1. The molecule has 1 amide bonds. The van der Waals surface area contributed by atoms with Gasteiger partial charge < -0.3 is 9.64 Å². The van der Waals surface area contributed by atoms with E-state index in [1.165, 1.54) is 5.39 Å². The molecule has 2 aromatic carbocycles. The van der Waals surface area contributed by atoms with Crippen molar-refractivity contribution in [2.75, 3.05) is 19.7 Å². The van der Waals surface area contributed by atoms with Crippen LogP contribution in [0.4, 0.5) is 0 Å². The third-order valence-electron chi connectivity index (χ3n) is 5.19. The van der Waals surface area contributed by atoms with E-state index in [1.54, 1.807) is 0 Å². The van der Waals surface area contributed by atoms with Gasteiger partial charge in [-0.15, -0.1) is 0 Å². The Kier molecular flexibility index (Phi) is 5.05. The van der Waals surface area contributed by atoms with Crippen LogP contribution in [0.5, 0.6) is 5.75 Å². The highest BCUT2D eigenvalue weighted by atomic mass is 16.5. The van der Waals surface area contributed by atoms with Crippen molar-refractivity contribution >= 4 is 16.7 Å². The summed E-state index contributed by atoms with van der Waals surface area (Å²) < 4.78 is 5.46. The Bertz CT molecular complexity index is 937. The van der Waals surface area contributed by atoms with Crippen LogP contribution >= 0.6 is 0 Å². The molecule has 1 atom stereocenters. The minimum absolute atomic E-state index is 0.0866. The topological polar surface area (TPSA) is 42.4 Å². The van der Waals surface area contributed by atoms with E-state index in [0.717, 1.165) is 42.8 Å². The minimum Gasteiger partial charge on any atom is -0.494 e. The van der Waals surface area contributed by atoms with Gasteiger partial charge in [0.15, 0.2) is 0 Å². The lowest BCUT2D eigenvalue weighted by atomic mass is 9.93. The summed E-state index contributed by atoms with van der Waals surface area (Å²) in [7, 11) is 0. The summed E-state index contributed by atoms with van der Waals surface area (Å²) in [6, 6.07) is 17.9. The average molecular weight is 360 g/mol. The van der Waals surface area contributed by atoms with E-state index in [0.29, 0.717) is 12.2 Å². The first kappa shape index (κ1) is 17.5. The first-order valence-electron chi connectivity index (χ1n) is 9.61. The number of piperidine rings is 1. The summed E-state index contributed by atoms with van der Waals surface area (Å²) in [6.07, 6.45) is 4.01. The number of aromatic nitrogens is 1. The Labute approximate surface area is 159 Å². The molecule has 2 heterocycles. The number of hydrogen-bond acceptors (Lipinski definition) is 3. The monoisotopic (exact) mass is 360 g/mol. The van der Waals surface area contributed by atoms with Crippen LogP contribution in [0.15, 0.2) is 60.8 Å². The van der Waals surface area contributed by atoms with Gasteiger partial charge in [-0.2, -0.15) is 0 Å². The highest BCUT2D eigenvalue weighted by Crippen LogP contribution is 2.28. The summed E-state index contributed by atoms with van der Waals surface area (Å²) >= 11 is 0. The summed E-state index contributed by atoms with van der Waals surface area (Å²) in [5, 5.41) is 2.36. The van der Waals surface area contributed by atoms with Gasteiger partial charge in [-0.05, 0) is 55.5 Å². The van der Waals surface area contributed by atoms with E-state index < -0.39 is 0 Å². The molecule has 1 saturated heterocycles. The molecule has 3 aromatic rings. The molecule has 0 radical (unpaired) electrons. The number of amides is 1. The minimum atomic E-state index is 0.0866. The molecular weight excluding hydrogens is 336 g/mol. The standard InChI is InChI=1S/C23H24N2O2/c1-2-27-21-11-9-17(10-12-21)23(26)25-13-5-8-20(16-25)22-14-18-6-3-4-7-19(18)15-24-22/h3-4,6-7,9-12,14-15,20H,2,5,8,13,16H2,1H3. The fourth-order valence-electron chi connectivity index (χ4n) is 3.77. The zero-order chi connectivity index (χ0) is 18.6. The molecule has 0 bridgehead atoms. The third kappa shape index (κ3) is 3.80. The number of benzene rings is 2. The molecule has 0 saturated carbocycles. The molecule has 1 aromatic heterocycles. The van der Waals surface area contributed by atoms with Crippen molar-refractivity contribution in [3.05, 3.63) is 72.1 Å². The molecule has 0 spiro atoms. The van der Waals surface area contributed by atoms with Crippen LogP contribution in [0.2, 0.25) is 0 Å². The maximum atomic E-state index is 12.9. The molecule has 27 heavy (non-hydrogen) atoms. The van der Waals surface area contributed by atoms with E-state index in [-0.39, 0.29) is 11.8 Å². The van der Waals surface area contributed by atoms with Crippen LogP contribution in [-0.2, 0) is 0 Å². The van der Waals surface area contributed by atoms with E-state index >= 15 is 0 Å². The molecule has 1 aliphatic heterocycles. The molecule has 0 N–H and O–H groups in total. The smallest absolute Gasteiger partial charge is 0.253 e. The van der Waals surface area contributed by atoms with Crippen LogP contribution in [0.1, 0.15) is 41.7 Å². The summed E-state index contributed by atoms with van der Waals surface area (Å²) in [6.45, 7) is 4.10. The van der Waals surface area contributed by atoms with Crippen LogP contribution in [0.3, 0.4) is 0 Å². The number of rotatable bonds is 4. The zero-order valence-electron chi connectivity index (χ0n) is 15.6. The van der Waals surface area contributed by atoms with Gasteiger partial charge in [-0.1, -0.05) is 24.3 Å². The molecular formula is C23H24N2O2. The Morgan fingerprint density at radius 3 is 2.70 bits per heavy atom.